The van der Waals surface area contributed by atoms with Crippen LogP contribution in [-0.2, 0) is 0 Å². The Morgan fingerprint density at radius 2 is 2.00 bits per heavy atom. The lowest BCUT2D eigenvalue weighted by molar-refractivity contribution is 0.476. The molecule has 4 nitrogen and oxygen atoms in total. The van der Waals surface area contributed by atoms with Gasteiger partial charge in [0.05, 0.1) is 0 Å². The highest BCUT2D eigenvalue weighted by Crippen LogP contribution is 2.24. The number of aliphatic imine (C=N–C) groups is 1. The Bertz CT molecular complexity index is 512. The molecule has 1 aliphatic rings. The number of rotatable bonds is 5. The van der Waals surface area contributed by atoms with Gasteiger partial charge in [-0.3, -0.25) is 4.99 Å². The van der Waals surface area contributed by atoms with Crippen molar-refractivity contribution in [3.63, 3.8) is 0 Å². The number of nitrogens with one attached hydrogen (secondary N) is 2. The number of hydrogen-bond acceptors (Lipinski definition) is 2. The molecular formula is C18H29BrN4. The molecule has 1 aromatic rings. The summed E-state index contributed by atoms with van der Waals surface area (Å²) in [5.41, 5.74) is 1.31. The SMILES string of the molecule is CN=C(NCC1CCN(c2ccc(Br)cc2)C1)NC(C)C(C)C. The minimum atomic E-state index is 0.420. The highest BCUT2D eigenvalue weighted by atomic mass is 79.9. The summed E-state index contributed by atoms with van der Waals surface area (Å²) < 4.78 is 1.13. The summed E-state index contributed by atoms with van der Waals surface area (Å²) >= 11 is 3.50. The minimum Gasteiger partial charge on any atom is -0.371 e. The molecule has 0 radical (unpaired) electrons. The van der Waals surface area contributed by atoms with E-state index < -0.39 is 0 Å². The van der Waals surface area contributed by atoms with Gasteiger partial charge in [-0.2, -0.15) is 0 Å². The Morgan fingerprint density at radius 1 is 1.30 bits per heavy atom. The monoisotopic (exact) mass is 380 g/mol. The number of guanidine groups is 1. The molecule has 1 aromatic carbocycles. The largest absolute Gasteiger partial charge is 0.371 e. The second-order valence-electron chi connectivity index (χ2n) is 6.71. The molecule has 1 saturated heterocycles. The Balaban J connectivity index is 1.80. The van der Waals surface area contributed by atoms with Gasteiger partial charge in [0.2, 0.25) is 0 Å². The van der Waals surface area contributed by atoms with Crippen molar-refractivity contribution in [1.82, 2.24) is 10.6 Å². The number of halogens is 1. The Labute approximate surface area is 148 Å². The fourth-order valence-electron chi connectivity index (χ4n) is 2.70. The van der Waals surface area contributed by atoms with Crippen molar-refractivity contribution in [2.24, 2.45) is 16.8 Å². The first-order valence-corrected chi connectivity index (χ1v) is 9.26. The van der Waals surface area contributed by atoms with E-state index in [1.807, 2.05) is 7.05 Å². The summed E-state index contributed by atoms with van der Waals surface area (Å²) in [6, 6.07) is 9.01. The minimum absolute atomic E-state index is 0.420. The second-order valence-corrected chi connectivity index (χ2v) is 7.62. The molecular weight excluding hydrogens is 352 g/mol. The van der Waals surface area contributed by atoms with Gasteiger partial charge in [-0.05, 0) is 49.4 Å². The van der Waals surface area contributed by atoms with Crippen LogP contribution in [0.2, 0.25) is 0 Å². The molecule has 2 N–H and O–H groups in total. The van der Waals surface area contributed by atoms with Crippen LogP contribution in [0.4, 0.5) is 5.69 Å². The molecule has 2 unspecified atom stereocenters. The molecule has 128 valence electrons. The smallest absolute Gasteiger partial charge is 0.191 e. The summed E-state index contributed by atoms with van der Waals surface area (Å²) in [6.07, 6.45) is 1.22. The first kappa shape index (κ1) is 18.1. The Hall–Kier alpha value is -1.23. The molecule has 1 fully saturated rings. The molecule has 2 rings (SSSR count). The summed E-state index contributed by atoms with van der Waals surface area (Å²) in [7, 11) is 1.84. The van der Waals surface area contributed by atoms with Gasteiger partial charge in [-0.15, -0.1) is 0 Å². The van der Waals surface area contributed by atoms with Crippen LogP contribution in [-0.4, -0.2) is 38.7 Å². The van der Waals surface area contributed by atoms with Gasteiger partial charge in [-0.1, -0.05) is 29.8 Å². The van der Waals surface area contributed by atoms with E-state index in [9.17, 15) is 0 Å². The molecule has 0 bridgehead atoms. The summed E-state index contributed by atoms with van der Waals surface area (Å²) in [5, 5.41) is 6.94. The van der Waals surface area contributed by atoms with Crippen LogP contribution < -0.4 is 15.5 Å². The summed E-state index contributed by atoms with van der Waals surface area (Å²) in [4.78, 5) is 6.80. The second kappa shape index (κ2) is 8.57. The van der Waals surface area contributed by atoms with Crippen molar-refractivity contribution in [2.45, 2.75) is 33.2 Å². The van der Waals surface area contributed by atoms with Gasteiger partial charge < -0.3 is 15.5 Å². The number of hydrogen-bond donors (Lipinski definition) is 2. The third kappa shape index (κ3) is 5.41. The van der Waals surface area contributed by atoms with Gasteiger partial charge >= 0.3 is 0 Å². The predicted molar refractivity (Wildman–Crippen MR) is 103 cm³/mol. The maximum absolute atomic E-state index is 4.33. The maximum atomic E-state index is 4.33. The molecule has 0 amide bonds. The van der Waals surface area contributed by atoms with E-state index in [1.165, 1.54) is 12.1 Å². The highest BCUT2D eigenvalue weighted by molar-refractivity contribution is 9.10. The van der Waals surface area contributed by atoms with Crippen LogP contribution in [0.5, 0.6) is 0 Å². The molecule has 2 atom stereocenters. The predicted octanol–water partition coefficient (Wildman–Crippen LogP) is 3.48. The molecule has 0 aliphatic carbocycles. The lowest BCUT2D eigenvalue weighted by atomic mass is 10.1. The van der Waals surface area contributed by atoms with Crippen molar-refractivity contribution in [2.75, 3.05) is 31.6 Å². The van der Waals surface area contributed by atoms with E-state index in [4.69, 9.17) is 0 Å². The molecule has 23 heavy (non-hydrogen) atoms. The van der Waals surface area contributed by atoms with Crippen molar-refractivity contribution in [3.8, 4) is 0 Å². The van der Waals surface area contributed by atoms with Crippen LogP contribution in [0.15, 0.2) is 33.7 Å². The van der Waals surface area contributed by atoms with E-state index in [2.05, 4.69) is 81.5 Å². The van der Waals surface area contributed by atoms with Gasteiger partial charge in [0, 0.05) is 42.9 Å². The molecule has 0 saturated carbocycles. The van der Waals surface area contributed by atoms with Gasteiger partial charge in [0.25, 0.3) is 0 Å². The van der Waals surface area contributed by atoms with Crippen LogP contribution in [0.25, 0.3) is 0 Å². The van der Waals surface area contributed by atoms with E-state index in [1.54, 1.807) is 0 Å². The fraction of sp³-hybridized carbons (Fsp3) is 0.611. The summed E-state index contributed by atoms with van der Waals surface area (Å²) in [5.74, 6) is 2.16. The van der Waals surface area contributed by atoms with E-state index in [0.29, 0.717) is 17.9 Å². The lowest BCUT2D eigenvalue weighted by Gasteiger charge is -2.22. The van der Waals surface area contributed by atoms with Crippen molar-refractivity contribution >= 4 is 27.6 Å². The van der Waals surface area contributed by atoms with Crippen LogP contribution in [0, 0.1) is 11.8 Å². The third-order valence-electron chi connectivity index (χ3n) is 4.62. The normalized spacial score (nSPS) is 20.0. The van der Waals surface area contributed by atoms with Crippen molar-refractivity contribution < 1.29 is 0 Å². The molecule has 0 spiro atoms. The van der Waals surface area contributed by atoms with Crippen LogP contribution in [0.1, 0.15) is 27.2 Å². The number of nitrogens with zero attached hydrogens (tertiary/aromatic N) is 2. The quantitative estimate of drug-likeness (QED) is 0.606. The molecule has 1 heterocycles. The first-order valence-electron chi connectivity index (χ1n) is 8.47. The number of anilines is 1. The third-order valence-corrected chi connectivity index (χ3v) is 5.15. The van der Waals surface area contributed by atoms with E-state index in [-0.39, 0.29) is 0 Å². The lowest BCUT2D eigenvalue weighted by Crippen LogP contribution is -2.45. The summed E-state index contributed by atoms with van der Waals surface area (Å²) in [6.45, 7) is 9.84. The van der Waals surface area contributed by atoms with E-state index in [0.717, 1.165) is 30.1 Å². The Morgan fingerprint density at radius 3 is 2.61 bits per heavy atom. The highest BCUT2D eigenvalue weighted by Gasteiger charge is 2.23. The van der Waals surface area contributed by atoms with Gasteiger partial charge in [0.15, 0.2) is 5.96 Å². The average molecular weight is 381 g/mol. The molecule has 1 aliphatic heterocycles. The maximum Gasteiger partial charge on any atom is 0.191 e. The van der Waals surface area contributed by atoms with Crippen LogP contribution in [0.3, 0.4) is 0 Å². The molecule has 5 heteroatoms. The van der Waals surface area contributed by atoms with E-state index >= 15 is 0 Å². The van der Waals surface area contributed by atoms with Crippen molar-refractivity contribution in [3.05, 3.63) is 28.7 Å². The Kier molecular flexibility index (Phi) is 6.75. The fourth-order valence-corrected chi connectivity index (χ4v) is 2.97. The zero-order valence-corrected chi connectivity index (χ0v) is 16.2. The first-order chi connectivity index (χ1) is 11.0. The van der Waals surface area contributed by atoms with Gasteiger partial charge in [-0.25, -0.2) is 0 Å². The standard InChI is InChI=1S/C18H29BrN4/c1-13(2)14(3)22-18(20-4)21-11-15-9-10-23(12-15)17-7-5-16(19)6-8-17/h5-8,13-15H,9-12H2,1-4H3,(H2,20,21,22). The van der Waals surface area contributed by atoms with Crippen LogP contribution >= 0.6 is 15.9 Å². The number of benzene rings is 1. The van der Waals surface area contributed by atoms with Gasteiger partial charge in [0.1, 0.15) is 0 Å². The average Bonchev–Trinajstić information content (AvgIpc) is 3.00. The topological polar surface area (TPSA) is 39.7 Å². The molecule has 0 aromatic heterocycles. The zero-order chi connectivity index (χ0) is 16.8. The van der Waals surface area contributed by atoms with Crippen molar-refractivity contribution in [1.29, 1.82) is 0 Å². The zero-order valence-electron chi connectivity index (χ0n) is 14.6.